The van der Waals surface area contributed by atoms with Crippen molar-refractivity contribution in [3.63, 3.8) is 0 Å². The first-order valence-corrected chi connectivity index (χ1v) is 9.44. The van der Waals surface area contributed by atoms with Crippen LogP contribution in [0.15, 0.2) is 30.3 Å². The number of ether oxygens (including phenoxy) is 2. The first-order chi connectivity index (χ1) is 12.4. The highest BCUT2D eigenvalue weighted by Crippen LogP contribution is 2.37. The fourth-order valence-electron chi connectivity index (χ4n) is 2.34. The molecule has 26 heavy (non-hydrogen) atoms. The third-order valence-corrected chi connectivity index (χ3v) is 4.39. The van der Waals surface area contributed by atoms with Gasteiger partial charge in [0.2, 0.25) is 0 Å². The molecule has 142 valence electrons. The van der Waals surface area contributed by atoms with Crippen LogP contribution in [0.3, 0.4) is 0 Å². The third kappa shape index (κ3) is 6.22. The lowest BCUT2D eigenvalue weighted by atomic mass is 10.2. The van der Waals surface area contributed by atoms with Crippen molar-refractivity contribution in [2.24, 2.45) is 0 Å². The summed E-state index contributed by atoms with van der Waals surface area (Å²) in [7, 11) is 0. The van der Waals surface area contributed by atoms with Gasteiger partial charge in [0.1, 0.15) is 6.61 Å². The second kappa shape index (κ2) is 10.2. The fourth-order valence-corrected chi connectivity index (χ4v) is 3.09. The molecule has 7 heteroatoms. The molecule has 0 amide bonds. The Morgan fingerprint density at radius 1 is 1.08 bits per heavy atom. The second-order valence-corrected chi connectivity index (χ2v) is 7.09. The van der Waals surface area contributed by atoms with Gasteiger partial charge in [0.15, 0.2) is 11.5 Å². The van der Waals surface area contributed by atoms with Crippen LogP contribution in [0.2, 0.25) is 15.1 Å². The zero-order valence-corrected chi connectivity index (χ0v) is 17.0. The molecule has 2 aromatic carbocycles. The highest BCUT2D eigenvalue weighted by atomic mass is 35.5. The first kappa shape index (κ1) is 21.1. The molecule has 0 saturated carbocycles. The van der Waals surface area contributed by atoms with Gasteiger partial charge in [-0.15, -0.1) is 0 Å². The number of benzene rings is 2. The van der Waals surface area contributed by atoms with Crippen LogP contribution in [0.1, 0.15) is 25.0 Å². The summed E-state index contributed by atoms with van der Waals surface area (Å²) in [6, 6.07) is 8.94. The van der Waals surface area contributed by atoms with Gasteiger partial charge in [-0.1, -0.05) is 40.9 Å². The fraction of sp³-hybridized carbons (Fsp3) is 0.368. The predicted octanol–water partition coefficient (Wildman–Crippen LogP) is 5.09. The summed E-state index contributed by atoms with van der Waals surface area (Å²) < 4.78 is 11.6. The van der Waals surface area contributed by atoms with E-state index in [1.54, 1.807) is 19.1 Å². The van der Waals surface area contributed by atoms with E-state index < -0.39 is 6.10 Å². The van der Waals surface area contributed by atoms with Crippen molar-refractivity contribution in [1.29, 1.82) is 0 Å². The first-order valence-electron chi connectivity index (χ1n) is 8.31. The van der Waals surface area contributed by atoms with Gasteiger partial charge < -0.3 is 19.9 Å². The molecular formula is C19H22Cl3NO3. The predicted molar refractivity (Wildman–Crippen MR) is 107 cm³/mol. The molecule has 0 aliphatic heterocycles. The van der Waals surface area contributed by atoms with Gasteiger partial charge in [-0.3, -0.25) is 0 Å². The molecule has 0 unspecified atom stereocenters. The topological polar surface area (TPSA) is 50.7 Å². The SMILES string of the molecule is CCOc1cc(CNC[C@H](C)O)cc(Cl)c1OCc1ccc(Cl)cc1Cl. The number of aliphatic hydroxyl groups excluding tert-OH is 1. The quantitative estimate of drug-likeness (QED) is 0.595. The van der Waals surface area contributed by atoms with Gasteiger partial charge in [0, 0.05) is 28.7 Å². The van der Waals surface area contributed by atoms with Crippen molar-refractivity contribution < 1.29 is 14.6 Å². The van der Waals surface area contributed by atoms with Crippen LogP contribution in [0.25, 0.3) is 0 Å². The van der Waals surface area contributed by atoms with Crippen LogP contribution in [0, 0.1) is 0 Å². The lowest BCUT2D eigenvalue weighted by Crippen LogP contribution is -2.23. The molecule has 0 fully saturated rings. The molecule has 1 atom stereocenters. The van der Waals surface area contributed by atoms with Crippen molar-refractivity contribution >= 4 is 34.8 Å². The molecule has 2 N–H and O–H groups in total. The van der Waals surface area contributed by atoms with E-state index in [4.69, 9.17) is 44.3 Å². The van der Waals surface area contributed by atoms with Gasteiger partial charge in [-0.2, -0.15) is 0 Å². The molecule has 0 heterocycles. The Labute approximate surface area is 169 Å². The molecule has 0 saturated heterocycles. The summed E-state index contributed by atoms with van der Waals surface area (Å²) in [6.07, 6.45) is -0.413. The van der Waals surface area contributed by atoms with Crippen molar-refractivity contribution in [3.05, 3.63) is 56.5 Å². The summed E-state index contributed by atoms with van der Waals surface area (Å²) in [5, 5.41) is 14.0. The van der Waals surface area contributed by atoms with Crippen molar-refractivity contribution in [2.45, 2.75) is 33.1 Å². The molecule has 0 spiro atoms. The van der Waals surface area contributed by atoms with Gasteiger partial charge in [-0.25, -0.2) is 0 Å². The Balaban J connectivity index is 2.15. The molecule has 2 aromatic rings. The number of aliphatic hydroxyl groups is 1. The lowest BCUT2D eigenvalue weighted by molar-refractivity contribution is 0.191. The Bertz CT molecular complexity index is 738. The van der Waals surface area contributed by atoms with Crippen LogP contribution in [0.4, 0.5) is 0 Å². The number of halogens is 3. The van der Waals surface area contributed by atoms with E-state index in [0.29, 0.717) is 46.3 Å². The van der Waals surface area contributed by atoms with Crippen molar-refractivity contribution in [3.8, 4) is 11.5 Å². The zero-order chi connectivity index (χ0) is 19.1. The number of hydrogen-bond donors (Lipinski definition) is 2. The number of nitrogens with one attached hydrogen (secondary N) is 1. The van der Waals surface area contributed by atoms with Crippen LogP contribution >= 0.6 is 34.8 Å². The standard InChI is InChI=1S/C19H22Cl3NO3/c1-3-25-18-7-13(10-23-9-12(2)24)6-17(22)19(18)26-11-14-4-5-15(20)8-16(14)21/h4-8,12,23-24H,3,9-11H2,1-2H3/t12-/m0/s1. The lowest BCUT2D eigenvalue weighted by Gasteiger charge is -2.16. The van der Waals surface area contributed by atoms with Gasteiger partial charge in [0.05, 0.1) is 17.7 Å². The molecule has 0 bridgehead atoms. The van der Waals surface area contributed by atoms with Gasteiger partial charge in [-0.05, 0) is 43.7 Å². The van der Waals surface area contributed by atoms with E-state index in [1.807, 2.05) is 25.1 Å². The summed E-state index contributed by atoms with van der Waals surface area (Å²) in [6.45, 7) is 5.41. The summed E-state index contributed by atoms with van der Waals surface area (Å²) in [4.78, 5) is 0. The van der Waals surface area contributed by atoms with Crippen LogP contribution in [0.5, 0.6) is 11.5 Å². The zero-order valence-electron chi connectivity index (χ0n) is 14.7. The highest BCUT2D eigenvalue weighted by Gasteiger charge is 2.14. The average Bonchev–Trinajstić information content (AvgIpc) is 2.55. The molecule has 0 radical (unpaired) electrons. The van der Waals surface area contributed by atoms with Crippen molar-refractivity contribution in [2.75, 3.05) is 13.2 Å². The van der Waals surface area contributed by atoms with Crippen LogP contribution in [-0.2, 0) is 13.2 Å². The highest BCUT2D eigenvalue weighted by molar-refractivity contribution is 6.35. The maximum Gasteiger partial charge on any atom is 0.180 e. The number of hydrogen-bond acceptors (Lipinski definition) is 4. The van der Waals surface area contributed by atoms with E-state index >= 15 is 0 Å². The second-order valence-electron chi connectivity index (χ2n) is 5.84. The van der Waals surface area contributed by atoms with E-state index in [2.05, 4.69) is 5.32 Å². The Morgan fingerprint density at radius 3 is 2.50 bits per heavy atom. The smallest absolute Gasteiger partial charge is 0.180 e. The van der Waals surface area contributed by atoms with Gasteiger partial charge in [0.25, 0.3) is 0 Å². The van der Waals surface area contributed by atoms with Gasteiger partial charge >= 0.3 is 0 Å². The largest absolute Gasteiger partial charge is 0.490 e. The minimum absolute atomic E-state index is 0.245. The third-order valence-electron chi connectivity index (χ3n) is 3.53. The molecule has 2 rings (SSSR count). The monoisotopic (exact) mass is 417 g/mol. The molecule has 0 aromatic heterocycles. The van der Waals surface area contributed by atoms with Crippen LogP contribution in [-0.4, -0.2) is 24.4 Å². The number of rotatable bonds is 9. The minimum atomic E-state index is -0.413. The minimum Gasteiger partial charge on any atom is -0.490 e. The summed E-state index contributed by atoms with van der Waals surface area (Å²) >= 11 is 18.5. The Morgan fingerprint density at radius 2 is 1.85 bits per heavy atom. The Kier molecular flexibility index (Phi) is 8.32. The normalized spacial score (nSPS) is 12.1. The van der Waals surface area contributed by atoms with E-state index in [0.717, 1.165) is 11.1 Å². The van der Waals surface area contributed by atoms with Crippen molar-refractivity contribution in [1.82, 2.24) is 5.32 Å². The Hall–Kier alpha value is -1.17. The molecule has 0 aliphatic rings. The van der Waals surface area contributed by atoms with Crippen LogP contribution < -0.4 is 14.8 Å². The maximum absolute atomic E-state index is 9.33. The molecule has 0 aliphatic carbocycles. The molecule has 4 nitrogen and oxygen atoms in total. The summed E-state index contributed by atoms with van der Waals surface area (Å²) in [5.41, 5.74) is 1.74. The average molecular weight is 419 g/mol. The summed E-state index contributed by atoms with van der Waals surface area (Å²) in [5.74, 6) is 1.04. The molecular weight excluding hydrogens is 397 g/mol. The maximum atomic E-state index is 9.33. The van der Waals surface area contributed by atoms with E-state index in [1.165, 1.54) is 0 Å². The van der Waals surface area contributed by atoms with E-state index in [9.17, 15) is 5.11 Å². The van der Waals surface area contributed by atoms with E-state index in [-0.39, 0.29) is 6.61 Å².